The van der Waals surface area contributed by atoms with Gasteiger partial charge in [0.2, 0.25) is 0 Å². The molecule has 3 aromatic rings. The fourth-order valence-electron chi connectivity index (χ4n) is 1.81. The van der Waals surface area contributed by atoms with Gasteiger partial charge >= 0.3 is 5.97 Å². The van der Waals surface area contributed by atoms with Crippen LogP contribution in [-0.2, 0) is 4.74 Å². The van der Waals surface area contributed by atoms with Crippen molar-refractivity contribution < 1.29 is 9.53 Å². The van der Waals surface area contributed by atoms with Crippen LogP contribution in [0.2, 0.25) is 0 Å². The number of aromatic nitrogens is 3. The topological polar surface area (TPSA) is 83.0 Å². The Morgan fingerprint density at radius 3 is 3.05 bits per heavy atom. The first kappa shape index (κ1) is 11.7. The number of nitrogens with zero attached hydrogens (tertiary/aromatic N) is 3. The summed E-state index contributed by atoms with van der Waals surface area (Å²) in [6.07, 6.45) is 1.50. The average molecular weight is 274 g/mol. The van der Waals surface area contributed by atoms with Gasteiger partial charge in [0.1, 0.15) is 12.1 Å². The Labute approximate surface area is 112 Å². The number of ether oxygens (including phenoxy) is 1. The second kappa shape index (κ2) is 4.36. The number of imidazole rings is 1. The second-order valence-corrected chi connectivity index (χ2v) is 4.73. The van der Waals surface area contributed by atoms with E-state index in [1.807, 2.05) is 18.2 Å². The molecule has 0 bridgehead atoms. The summed E-state index contributed by atoms with van der Waals surface area (Å²) in [7, 11) is 1.30. The molecular formula is C12H10N4O2S. The van der Waals surface area contributed by atoms with Crippen molar-refractivity contribution in [1.82, 2.24) is 14.5 Å². The van der Waals surface area contributed by atoms with Crippen LogP contribution in [0.25, 0.3) is 15.9 Å². The van der Waals surface area contributed by atoms with Gasteiger partial charge < -0.3 is 10.5 Å². The Balaban J connectivity index is 2.11. The van der Waals surface area contributed by atoms with E-state index in [0.717, 1.165) is 15.9 Å². The number of nitrogens with two attached hydrogens (primary N) is 1. The van der Waals surface area contributed by atoms with E-state index in [4.69, 9.17) is 5.73 Å². The van der Waals surface area contributed by atoms with E-state index in [9.17, 15) is 4.79 Å². The number of benzene rings is 1. The minimum Gasteiger partial charge on any atom is -0.464 e. The molecule has 0 unspecified atom stereocenters. The molecule has 7 heteroatoms. The number of thiazole rings is 1. The average Bonchev–Trinajstić information content (AvgIpc) is 3.03. The Kier molecular flexibility index (Phi) is 2.68. The zero-order valence-electron chi connectivity index (χ0n) is 10.0. The largest absolute Gasteiger partial charge is 0.464 e. The molecule has 0 atom stereocenters. The number of hydrogen-bond acceptors (Lipinski definition) is 6. The fourth-order valence-corrected chi connectivity index (χ4v) is 2.52. The van der Waals surface area contributed by atoms with E-state index in [2.05, 4.69) is 14.7 Å². The number of rotatable bonds is 2. The summed E-state index contributed by atoms with van der Waals surface area (Å²) in [4.78, 5) is 19.7. The minimum atomic E-state index is -0.546. The standard InChI is InChI=1S/C12H10N4O2S/c1-18-12(17)10-11(13)16(5-14-10)7-2-3-8-9(4-7)19-6-15-8/h2-6H,13H2,1H3. The number of fused-ring (bicyclic) bond motifs is 1. The highest BCUT2D eigenvalue weighted by molar-refractivity contribution is 7.16. The highest BCUT2D eigenvalue weighted by Crippen LogP contribution is 2.24. The normalized spacial score (nSPS) is 10.8. The van der Waals surface area contributed by atoms with Crippen LogP contribution in [0.3, 0.4) is 0 Å². The summed E-state index contributed by atoms with van der Waals surface area (Å²) in [6, 6.07) is 5.73. The number of carbonyl (C=O) groups excluding carboxylic acids is 1. The summed E-state index contributed by atoms with van der Waals surface area (Å²) in [5, 5.41) is 0. The zero-order valence-corrected chi connectivity index (χ0v) is 10.8. The van der Waals surface area contributed by atoms with Crippen molar-refractivity contribution in [1.29, 1.82) is 0 Å². The van der Waals surface area contributed by atoms with E-state index >= 15 is 0 Å². The van der Waals surface area contributed by atoms with Crippen LogP contribution in [0.1, 0.15) is 10.5 Å². The molecule has 0 aliphatic carbocycles. The van der Waals surface area contributed by atoms with E-state index in [-0.39, 0.29) is 11.5 Å². The Morgan fingerprint density at radius 2 is 2.26 bits per heavy atom. The highest BCUT2D eigenvalue weighted by Gasteiger charge is 2.17. The van der Waals surface area contributed by atoms with Crippen LogP contribution in [0, 0.1) is 0 Å². The van der Waals surface area contributed by atoms with Crippen molar-refractivity contribution in [3.05, 3.63) is 35.7 Å². The van der Waals surface area contributed by atoms with Crippen molar-refractivity contribution in [3.63, 3.8) is 0 Å². The summed E-state index contributed by atoms with van der Waals surface area (Å²) in [5.41, 5.74) is 9.58. The lowest BCUT2D eigenvalue weighted by molar-refractivity contribution is 0.0596. The van der Waals surface area contributed by atoms with Gasteiger partial charge in [-0.3, -0.25) is 4.57 Å². The van der Waals surface area contributed by atoms with Crippen molar-refractivity contribution in [2.24, 2.45) is 0 Å². The maximum Gasteiger partial charge on any atom is 0.360 e. The lowest BCUT2D eigenvalue weighted by Crippen LogP contribution is -2.07. The third kappa shape index (κ3) is 1.84. The summed E-state index contributed by atoms with van der Waals surface area (Å²) in [6.45, 7) is 0. The molecule has 0 fully saturated rings. The smallest absolute Gasteiger partial charge is 0.360 e. The highest BCUT2D eigenvalue weighted by atomic mass is 32.1. The first-order valence-corrected chi connectivity index (χ1v) is 6.33. The summed E-state index contributed by atoms with van der Waals surface area (Å²) < 4.78 is 7.31. The maximum absolute atomic E-state index is 11.5. The first-order chi connectivity index (χ1) is 9.20. The van der Waals surface area contributed by atoms with Gasteiger partial charge in [0.05, 0.1) is 28.5 Å². The molecular weight excluding hydrogens is 264 g/mol. The van der Waals surface area contributed by atoms with E-state index in [1.54, 1.807) is 21.4 Å². The molecule has 2 N–H and O–H groups in total. The molecule has 0 amide bonds. The quantitative estimate of drug-likeness (QED) is 0.721. The second-order valence-electron chi connectivity index (χ2n) is 3.84. The maximum atomic E-state index is 11.5. The third-order valence-corrected chi connectivity index (χ3v) is 3.57. The first-order valence-electron chi connectivity index (χ1n) is 5.45. The number of esters is 1. The van der Waals surface area contributed by atoms with Crippen molar-refractivity contribution in [2.75, 3.05) is 12.8 Å². The van der Waals surface area contributed by atoms with Gasteiger partial charge in [0.15, 0.2) is 5.69 Å². The molecule has 19 heavy (non-hydrogen) atoms. The van der Waals surface area contributed by atoms with Crippen LogP contribution in [0.4, 0.5) is 5.82 Å². The zero-order chi connectivity index (χ0) is 13.4. The molecule has 0 saturated carbocycles. The van der Waals surface area contributed by atoms with Gasteiger partial charge in [0.25, 0.3) is 0 Å². The predicted molar refractivity (Wildman–Crippen MR) is 72.5 cm³/mol. The van der Waals surface area contributed by atoms with Crippen LogP contribution in [0.15, 0.2) is 30.0 Å². The van der Waals surface area contributed by atoms with E-state index in [1.165, 1.54) is 13.4 Å². The van der Waals surface area contributed by atoms with Crippen molar-refractivity contribution in [3.8, 4) is 5.69 Å². The molecule has 96 valence electrons. The molecule has 1 aromatic carbocycles. The Hall–Kier alpha value is -2.41. The number of nitrogen functional groups attached to an aromatic ring is 1. The van der Waals surface area contributed by atoms with Gasteiger partial charge in [0, 0.05) is 0 Å². The Morgan fingerprint density at radius 1 is 1.42 bits per heavy atom. The van der Waals surface area contributed by atoms with Gasteiger partial charge in [-0.25, -0.2) is 14.8 Å². The minimum absolute atomic E-state index is 0.118. The van der Waals surface area contributed by atoms with Gasteiger partial charge in [-0.2, -0.15) is 0 Å². The lowest BCUT2D eigenvalue weighted by atomic mass is 10.3. The third-order valence-electron chi connectivity index (χ3n) is 2.78. The monoisotopic (exact) mass is 274 g/mol. The molecule has 0 aliphatic rings. The molecule has 0 spiro atoms. The predicted octanol–water partition coefficient (Wildman–Crippen LogP) is 1.85. The van der Waals surface area contributed by atoms with Crippen LogP contribution in [-0.4, -0.2) is 27.6 Å². The SMILES string of the molecule is COC(=O)c1ncn(-c2ccc3ncsc3c2)c1N. The van der Waals surface area contributed by atoms with Crippen molar-refractivity contribution >= 4 is 33.3 Å². The molecule has 2 aromatic heterocycles. The molecule has 3 rings (SSSR count). The lowest BCUT2D eigenvalue weighted by Gasteiger charge is -2.05. The number of anilines is 1. The van der Waals surface area contributed by atoms with Crippen LogP contribution >= 0.6 is 11.3 Å². The van der Waals surface area contributed by atoms with Gasteiger partial charge in [-0.1, -0.05) is 0 Å². The summed E-state index contributed by atoms with van der Waals surface area (Å²) >= 11 is 1.54. The number of methoxy groups -OCH3 is 1. The Bertz CT molecular complexity index is 762. The van der Waals surface area contributed by atoms with Gasteiger partial charge in [-0.15, -0.1) is 11.3 Å². The number of hydrogen-bond donors (Lipinski definition) is 1. The van der Waals surface area contributed by atoms with E-state index < -0.39 is 5.97 Å². The molecule has 2 heterocycles. The van der Waals surface area contributed by atoms with Crippen LogP contribution in [0.5, 0.6) is 0 Å². The summed E-state index contributed by atoms with van der Waals surface area (Å²) in [5.74, 6) is -0.286. The molecule has 0 saturated heterocycles. The van der Waals surface area contributed by atoms with Gasteiger partial charge in [-0.05, 0) is 18.2 Å². The number of carbonyl (C=O) groups is 1. The fraction of sp³-hybridized carbons (Fsp3) is 0.0833. The molecule has 6 nitrogen and oxygen atoms in total. The molecule has 0 radical (unpaired) electrons. The van der Waals surface area contributed by atoms with E-state index in [0.29, 0.717) is 0 Å². The van der Waals surface area contributed by atoms with Crippen molar-refractivity contribution in [2.45, 2.75) is 0 Å². The van der Waals surface area contributed by atoms with Crippen LogP contribution < -0.4 is 5.73 Å². The molecule has 0 aliphatic heterocycles.